The van der Waals surface area contributed by atoms with E-state index in [1.165, 1.54) is 11.3 Å². The molecule has 2 heterocycles. The van der Waals surface area contributed by atoms with Gasteiger partial charge in [-0.15, -0.1) is 17.9 Å². The standard InChI is InChI=1S/C12H11N3OS/c1-2-5-14-11(16)10-8-17-12(15-10)9-4-3-6-13-7-9/h2-4,6-8H,1,5H2,(H,14,16). The van der Waals surface area contributed by atoms with Gasteiger partial charge < -0.3 is 5.32 Å². The van der Waals surface area contributed by atoms with E-state index in [2.05, 4.69) is 21.9 Å². The first kappa shape index (κ1) is 11.5. The molecule has 0 aliphatic carbocycles. The lowest BCUT2D eigenvalue weighted by molar-refractivity contribution is 0.0954. The van der Waals surface area contributed by atoms with Crippen molar-refractivity contribution in [2.45, 2.75) is 0 Å². The van der Waals surface area contributed by atoms with E-state index in [0.717, 1.165) is 10.6 Å². The van der Waals surface area contributed by atoms with E-state index in [9.17, 15) is 4.79 Å². The van der Waals surface area contributed by atoms with Crippen molar-refractivity contribution in [1.29, 1.82) is 0 Å². The highest BCUT2D eigenvalue weighted by Crippen LogP contribution is 2.22. The molecular formula is C12H11N3OS. The Hall–Kier alpha value is -2.01. The van der Waals surface area contributed by atoms with Crippen molar-refractivity contribution in [3.05, 3.63) is 48.3 Å². The molecule has 86 valence electrons. The fraction of sp³-hybridized carbons (Fsp3) is 0.0833. The summed E-state index contributed by atoms with van der Waals surface area (Å²) in [5.74, 6) is -0.184. The third-order valence-corrected chi connectivity index (χ3v) is 2.94. The van der Waals surface area contributed by atoms with Crippen LogP contribution in [-0.4, -0.2) is 22.4 Å². The second-order valence-corrected chi connectivity index (χ2v) is 4.14. The van der Waals surface area contributed by atoms with Crippen LogP contribution in [0.3, 0.4) is 0 Å². The molecule has 1 amide bonds. The molecule has 0 aliphatic rings. The van der Waals surface area contributed by atoms with Crippen molar-refractivity contribution in [3.63, 3.8) is 0 Å². The smallest absolute Gasteiger partial charge is 0.271 e. The minimum absolute atomic E-state index is 0.184. The van der Waals surface area contributed by atoms with Gasteiger partial charge in [0.25, 0.3) is 5.91 Å². The van der Waals surface area contributed by atoms with Crippen LogP contribution in [0.4, 0.5) is 0 Å². The third kappa shape index (κ3) is 2.76. The normalized spacial score (nSPS) is 9.88. The summed E-state index contributed by atoms with van der Waals surface area (Å²) in [6.07, 6.45) is 5.06. The lowest BCUT2D eigenvalue weighted by Crippen LogP contribution is -2.23. The average molecular weight is 245 g/mol. The molecule has 17 heavy (non-hydrogen) atoms. The van der Waals surface area contributed by atoms with E-state index in [-0.39, 0.29) is 5.91 Å². The summed E-state index contributed by atoms with van der Waals surface area (Å²) >= 11 is 1.43. The number of nitrogens with one attached hydrogen (secondary N) is 1. The Morgan fingerprint density at radius 1 is 1.59 bits per heavy atom. The second kappa shape index (κ2) is 5.36. The Kier molecular flexibility index (Phi) is 3.62. The lowest BCUT2D eigenvalue weighted by Gasteiger charge is -1.97. The SMILES string of the molecule is C=CCNC(=O)c1csc(-c2cccnc2)n1. The van der Waals surface area contributed by atoms with Crippen LogP contribution in [0.2, 0.25) is 0 Å². The molecule has 0 spiro atoms. The van der Waals surface area contributed by atoms with Crippen LogP contribution in [0.25, 0.3) is 10.6 Å². The van der Waals surface area contributed by atoms with Crippen molar-refractivity contribution >= 4 is 17.2 Å². The van der Waals surface area contributed by atoms with Crippen molar-refractivity contribution in [2.75, 3.05) is 6.54 Å². The molecule has 0 radical (unpaired) electrons. The van der Waals surface area contributed by atoms with Crippen LogP contribution in [0.5, 0.6) is 0 Å². The molecule has 1 N–H and O–H groups in total. The van der Waals surface area contributed by atoms with E-state index in [4.69, 9.17) is 0 Å². The van der Waals surface area contributed by atoms with E-state index >= 15 is 0 Å². The minimum atomic E-state index is -0.184. The maximum Gasteiger partial charge on any atom is 0.271 e. The first-order valence-corrected chi connectivity index (χ1v) is 5.94. The largest absolute Gasteiger partial charge is 0.347 e. The maximum absolute atomic E-state index is 11.6. The summed E-state index contributed by atoms with van der Waals surface area (Å²) in [4.78, 5) is 19.9. The van der Waals surface area contributed by atoms with Crippen LogP contribution >= 0.6 is 11.3 Å². The molecular weight excluding hydrogens is 234 g/mol. The molecule has 0 atom stereocenters. The molecule has 0 unspecified atom stereocenters. The van der Waals surface area contributed by atoms with Gasteiger partial charge in [-0.25, -0.2) is 4.98 Å². The van der Waals surface area contributed by atoms with Gasteiger partial charge in [-0.2, -0.15) is 0 Å². The number of aromatic nitrogens is 2. The average Bonchev–Trinajstić information content (AvgIpc) is 2.86. The molecule has 0 bridgehead atoms. The Morgan fingerprint density at radius 3 is 3.18 bits per heavy atom. The fourth-order valence-corrected chi connectivity index (χ4v) is 2.05. The van der Waals surface area contributed by atoms with Crippen LogP contribution in [0.15, 0.2) is 42.6 Å². The fourth-order valence-electron chi connectivity index (χ4n) is 1.26. The molecule has 4 nitrogen and oxygen atoms in total. The van der Waals surface area contributed by atoms with Gasteiger partial charge in [0.2, 0.25) is 0 Å². The van der Waals surface area contributed by atoms with Gasteiger partial charge in [-0.1, -0.05) is 6.08 Å². The predicted molar refractivity (Wildman–Crippen MR) is 67.9 cm³/mol. The summed E-state index contributed by atoms with van der Waals surface area (Å²) in [5.41, 5.74) is 1.34. The molecule has 0 fully saturated rings. The van der Waals surface area contributed by atoms with Gasteiger partial charge in [0.15, 0.2) is 0 Å². The highest BCUT2D eigenvalue weighted by atomic mass is 32.1. The van der Waals surface area contributed by atoms with E-state index in [1.807, 2.05) is 12.1 Å². The monoisotopic (exact) mass is 245 g/mol. The van der Waals surface area contributed by atoms with E-state index in [0.29, 0.717) is 12.2 Å². The summed E-state index contributed by atoms with van der Waals surface area (Å²) < 4.78 is 0. The number of carbonyl (C=O) groups excluding carboxylic acids is 1. The Bertz CT molecular complexity index is 522. The van der Waals surface area contributed by atoms with Crippen molar-refractivity contribution < 1.29 is 4.79 Å². The first-order valence-electron chi connectivity index (χ1n) is 5.06. The molecule has 0 saturated carbocycles. The molecule has 2 aromatic heterocycles. The topological polar surface area (TPSA) is 54.9 Å². The molecule has 2 rings (SSSR count). The predicted octanol–water partition coefficient (Wildman–Crippen LogP) is 2.12. The number of pyridine rings is 1. The Morgan fingerprint density at radius 2 is 2.47 bits per heavy atom. The number of hydrogen-bond donors (Lipinski definition) is 1. The van der Waals surface area contributed by atoms with Gasteiger partial charge in [0.05, 0.1) is 0 Å². The van der Waals surface area contributed by atoms with Crippen LogP contribution in [0, 0.1) is 0 Å². The zero-order valence-corrected chi connectivity index (χ0v) is 9.91. The molecule has 0 saturated heterocycles. The van der Waals surface area contributed by atoms with E-state index < -0.39 is 0 Å². The van der Waals surface area contributed by atoms with Gasteiger partial charge >= 0.3 is 0 Å². The number of nitrogens with zero attached hydrogens (tertiary/aromatic N) is 2. The molecule has 0 aliphatic heterocycles. The number of thiazole rings is 1. The first-order chi connectivity index (χ1) is 8.31. The van der Waals surface area contributed by atoms with Crippen LogP contribution in [0.1, 0.15) is 10.5 Å². The van der Waals surface area contributed by atoms with Gasteiger partial charge in [-0.05, 0) is 12.1 Å². The molecule has 0 aromatic carbocycles. The number of hydrogen-bond acceptors (Lipinski definition) is 4. The van der Waals surface area contributed by atoms with Crippen molar-refractivity contribution in [2.24, 2.45) is 0 Å². The zero-order chi connectivity index (χ0) is 12.1. The summed E-state index contributed by atoms with van der Waals surface area (Å²) in [6, 6.07) is 3.76. The third-order valence-electron chi connectivity index (χ3n) is 2.05. The quantitative estimate of drug-likeness (QED) is 0.839. The Balaban J connectivity index is 2.16. The maximum atomic E-state index is 11.6. The summed E-state index contributed by atoms with van der Waals surface area (Å²) in [7, 11) is 0. The summed E-state index contributed by atoms with van der Waals surface area (Å²) in [5, 5.41) is 5.22. The van der Waals surface area contributed by atoms with Gasteiger partial charge in [0, 0.05) is 29.9 Å². The van der Waals surface area contributed by atoms with Gasteiger partial charge in [0.1, 0.15) is 10.7 Å². The second-order valence-electron chi connectivity index (χ2n) is 3.28. The van der Waals surface area contributed by atoms with Crippen molar-refractivity contribution in [3.8, 4) is 10.6 Å². The van der Waals surface area contributed by atoms with Crippen LogP contribution < -0.4 is 5.32 Å². The highest BCUT2D eigenvalue weighted by molar-refractivity contribution is 7.13. The van der Waals surface area contributed by atoms with Gasteiger partial charge in [-0.3, -0.25) is 9.78 Å². The Labute approximate surface area is 103 Å². The van der Waals surface area contributed by atoms with E-state index in [1.54, 1.807) is 23.8 Å². The number of carbonyl (C=O) groups is 1. The lowest BCUT2D eigenvalue weighted by atomic mass is 10.3. The van der Waals surface area contributed by atoms with Crippen LogP contribution in [-0.2, 0) is 0 Å². The number of rotatable bonds is 4. The summed E-state index contributed by atoms with van der Waals surface area (Å²) in [6.45, 7) is 3.98. The van der Waals surface area contributed by atoms with Crippen molar-refractivity contribution in [1.82, 2.24) is 15.3 Å². The molecule has 2 aromatic rings. The molecule has 5 heteroatoms. The zero-order valence-electron chi connectivity index (χ0n) is 9.09. The minimum Gasteiger partial charge on any atom is -0.347 e. The number of amides is 1. The highest BCUT2D eigenvalue weighted by Gasteiger charge is 2.10.